The average Bonchev–Trinajstić information content (AvgIpc) is 2.82. The highest BCUT2D eigenvalue weighted by Crippen LogP contribution is 2.34. The van der Waals surface area contributed by atoms with E-state index in [2.05, 4.69) is 4.90 Å². The number of nitrogens with zero attached hydrogens (tertiary/aromatic N) is 2. The Kier molecular flexibility index (Phi) is 9.30. The van der Waals surface area contributed by atoms with E-state index in [9.17, 15) is 27.2 Å². The monoisotopic (exact) mass is 540 g/mol. The van der Waals surface area contributed by atoms with Gasteiger partial charge in [-0.25, -0.2) is 8.78 Å². The van der Waals surface area contributed by atoms with E-state index in [0.717, 1.165) is 37.8 Å². The van der Waals surface area contributed by atoms with Crippen LogP contribution in [0.15, 0.2) is 30.3 Å². The van der Waals surface area contributed by atoms with Crippen molar-refractivity contribution < 1.29 is 36.3 Å². The van der Waals surface area contributed by atoms with E-state index in [1.807, 2.05) is 11.8 Å². The van der Waals surface area contributed by atoms with Crippen LogP contribution in [0.4, 0.5) is 22.0 Å². The molecule has 0 spiro atoms. The minimum atomic E-state index is -4.68. The predicted octanol–water partition coefficient (Wildman–Crippen LogP) is 5.43. The van der Waals surface area contributed by atoms with Crippen LogP contribution in [0, 0.1) is 11.6 Å². The number of likely N-dealkylation sites (N-methyl/N-ethyl adjacent to an activating group) is 1. The molecule has 0 aromatic heterocycles. The zero-order valence-electron chi connectivity index (χ0n) is 22.1. The molecule has 0 radical (unpaired) electrons. The van der Waals surface area contributed by atoms with Gasteiger partial charge in [-0.1, -0.05) is 25.1 Å². The van der Waals surface area contributed by atoms with Crippen molar-refractivity contribution in [1.82, 2.24) is 9.80 Å². The third kappa shape index (κ3) is 7.83. The Morgan fingerprint density at radius 1 is 0.895 bits per heavy atom. The molecule has 2 aromatic carbocycles. The quantitative estimate of drug-likeness (QED) is 0.254. The van der Waals surface area contributed by atoms with Gasteiger partial charge in [-0.3, -0.25) is 14.5 Å². The van der Waals surface area contributed by atoms with Crippen LogP contribution in [0.5, 0.6) is 0 Å². The molecule has 3 rings (SSSR count). The molecule has 2 aromatic rings. The van der Waals surface area contributed by atoms with Crippen molar-refractivity contribution in [2.45, 2.75) is 58.9 Å². The number of hydrogen-bond acceptors (Lipinski definition) is 5. The summed E-state index contributed by atoms with van der Waals surface area (Å²) in [6, 6.07) is 5.36. The summed E-state index contributed by atoms with van der Waals surface area (Å²) in [5.74, 6) is -3.68. The Labute approximate surface area is 219 Å². The van der Waals surface area contributed by atoms with Gasteiger partial charge >= 0.3 is 12.1 Å². The SMILES string of the molecule is CCN1CCN(Cc2ccc(C(=O)Cc3ccc(F)c(CC(=O)OC(C)(C)C)c3F)cc2C(F)(F)F)CC1. The molecule has 0 unspecified atom stereocenters. The molecular formula is C28H33F5N2O3. The molecule has 208 valence electrons. The summed E-state index contributed by atoms with van der Waals surface area (Å²) in [4.78, 5) is 29.1. The van der Waals surface area contributed by atoms with E-state index in [1.54, 1.807) is 20.8 Å². The first kappa shape index (κ1) is 29.7. The van der Waals surface area contributed by atoms with Gasteiger partial charge in [-0.2, -0.15) is 13.2 Å². The lowest BCUT2D eigenvalue weighted by atomic mass is 9.96. The highest BCUT2D eigenvalue weighted by molar-refractivity contribution is 5.97. The Bertz CT molecular complexity index is 1170. The molecule has 10 heteroatoms. The number of carbonyl (C=O) groups is 2. The lowest BCUT2D eigenvalue weighted by molar-refractivity contribution is -0.154. The largest absolute Gasteiger partial charge is 0.460 e. The number of ketones is 1. The molecule has 0 bridgehead atoms. The van der Waals surface area contributed by atoms with Gasteiger partial charge in [0.2, 0.25) is 0 Å². The van der Waals surface area contributed by atoms with Gasteiger partial charge in [0.15, 0.2) is 5.78 Å². The van der Waals surface area contributed by atoms with Crippen molar-refractivity contribution in [3.8, 4) is 0 Å². The first-order valence-electron chi connectivity index (χ1n) is 12.5. The molecule has 1 aliphatic rings. The topological polar surface area (TPSA) is 49.9 Å². The lowest BCUT2D eigenvalue weighted by Gasteiger charge is -2.34. The number of Topliss-reactive ketones (excluding diaryl/α,β-unsaturated/α-hetero) is 1. The lowest BCUT2D eigenvalue weighted by Crippen LogP contribution is -2.45. The number of hydrogen-bond donors (Lipinski definition) is 0. The predicted molar refractivity (Wildman–Crippen MR) is 133 cm³/mol. The molecule has 0 atom stereocenters. The second-order valence-corrected chi connectivity index (χ2v) is 10.4. The molecule has 0 amide bonds. The van der Waals surface area contributed by atoms with Crippen molar-refractivity contribution in [3.63, 3.8) is 0 Å². The highest BCUT2D eigenvalue weighted by atomic mass is 19.4. The molecular weight excluding hydrogens is 507 g/mol. The number of piperazine rings is 1. The molecule has 1 aliphatic heterocycles. The molecule has 5 nitrogen and oxygen atoms in total. The van der Waals surface area contributed by atoms with Gasteiger partial charge < -0.3 is 9.64 Å². The molecule has 1 fully saturated rings. The summed E-state index contributed by atoms with van der Waals surface area (Å²) in [6.07, 6.45) is -5.96. The van der Waals surface area contributed by atoms with E-state index in [-0.39, 0.29) is 23.2 Å². The summed E-state index contributed by atoms with van der Waals surface area (Å²) in [7, 11) is 0. The Morgan fingerprint density at radius 2 is 1.50 bits per heavy atom. The van der Waals surface area contributed by atoms with E-state index in [4.69, 9.17) is 4.74 Å². The summed E-state index contributed by atoms with van der Waals surface area (Å²) in [5, 5.41) is 0. The Hall–Kier alpha value is -2.85. The number of ether oxygens (including phenoxy) is 1. The zero-order chi connectivity index (χ0) is 28.3. The van der Waals surface area contributed by atoms with Crippen molar-refractivity contribution in [2.75, 3.05) is 32.7 Å². The van der Waals surface area contributed by atoms with Crippen LogP contribution < -0.4 is 0 Å². The number of benzene rings is 2. The van der Waals surface area contributed by atoms with Crippen LogP contribution in [-0.2, 0) is 35.1 Å². The average molecular weight is 541 g/mol. The van der Waals surface area contributed by atoms with E-state index in [0.29, 0.717) is 13.1 Å². The molecule has 0 saturated carbocycles. The summed E-state index contributed by atoms with van der Waals surface area (Å²) < 4.78 is 76.2. The Balaban J connectivity index is 1.80. The van der Waals surface area contributed by atoms with Gasteiger partial charge in [0.1, 0.15) is 17.2 Å². The number of carbonyl (C=O) groups excluding carboxylic acids is 2. The summed E-state index contributed by atoms with van der Waals surface area (Å²) in [6.45, 7) is 10.7. The number of rotatable bonds is 8. The minimum absolute atomic E-state index is 0.0617. The van der Waals surface area contributed by atoms with Crippen LogP contribution in [0.25, 0.3) is 0 Å². The van der Waals surface area contributed by atoms with Crippen LogP contribution in [0.3, 0.4) is 0 Å². The van der Waals surface area contributed by atoms with Gasteiger partial charge in [0, 0.05) is 50.3 Å². The summed E-state index contributed by atoms with van der Waals surface area (Å²) in [5.41, 5.74) is -2.71. The maximum Gasteiger partial charge on any atom is 0.416 e. The molecule has 38 heavy (non-hydrogen) atoms. The number of halogens is 5. The van der Waals surface area contributed by atoms with Crippen molar-refractivity contribution in [3.05, 3.63) is 69.8 Å². The second kappa shape index (κ2) is 11.9. The number of esters is 1. The van der Waals surface area contributed by atoms with Crippen LogP contribution in [-0.4, -0.2) is 59.9 Å². The van der Waals surface area contributed by atoms with Gasteiger partial charge in [0.05, 0.1) is 12.0 Å². The maximum atomic E-state index is 15.1. The smallest absolute Gasteiger partial charge is 0.416 e. The first-order valence-corrected chi connectivity index (χ1v) is 12.5. The van der Waals surface area contributed by atoms with E-state index in [1.165, 1.54) is 12.1 Å². The third-order valence-electron chi connectivity index (χ3n) is 6.40. The zero-order valence-corrected chi connectivity index (χ0v) is 22.1. The van der Waals surface area contributed by atoms with E-state index >= 15 is 4.39 Å². The van der Waals surface area contributed by atoms with Crippen molar-refractivity contribution >= 4 is 11.8 Å². The van der Waals surface area contributed by atoms with E-state index < -0.39 is 59.1 Å². The Morgan fingerprint density at radius 3 is 2.08 bits per heavy atom. The first-order chi connectivity index (χ1) is 17.7. The molecule has 0 N–H and O–H groups in total. The normalized spacial score (nSPS) is 15.5. The molecule has 1 saturated heterocycles. The standard InChI is InChI=1S/C28H33F5N2O3/c1-5-34-10-12-35(13-11-34)17-20-7-6-18(14-22(20)28(31,32)33)24(36)15-19-8-9-23(29)21(26(19)30)16-25(37)38-27(2,3)4/h6-9,14H,5,10-13,15-17H2,1-4H3. The van der Waals surface area contributed by atoms with Crippen LogP contribution >= 0.6 is 0 Å². The third-order valence-corrected chi connectivity index (χ3v) is 6.40. The van der Waals surface area contributed by atoms with Gasteiger partial charge in [-0.15, -0.1) is 0 Å². The fraction of sp³-hybridized carbons (Fsp3) is 0.500. The van der Waals surface area contributed by atoms with Crippen molar-refractivity contribution in [1.29, 1.82) is 0 Å². The van der Waals surface area contributed by atoms with Crippen LogP contribution in [0.2, 0.25) is 0 Å². The fourth-order valence-electron chi connectivity index (χ4n) is 4.40. The van der Waals surface area contributed by atoms with Crippen LogP contribution in [0.1, 0.15) is 60.3 Å². The fourth-order valence-corrected chi connectivity index (χ4v) is 4.40. The molecule has 1 heterocycles. The minimum Gasteiger partial charge on any atom is -0.460 e. The van der Waals surface area contributed by atoms with Gasteiger partial charge in [-0.05, 0) is 50.6 Å². The van der Waals surface area contributed by atoms with Crippen molar-refractivity contribution in [2.24, 2.45) is 0 Å². The maximum absolute atomic E-state index is 15.1. The summed E-state index contributed by atoms with van der Waals surface area (Å²) >= 11 is 0. The number of alkyl halides is 3. The highest BCUT2D eigenvalue weighted by Gasteiger charge is 2.35. The van der Waals surface area contributed by atoms with Gasteiger partial charge in [0.25, 0.3) is 0 Å². The second-order valence-electron chi connectivity index (χ2n) is 10.4. The molecule has 0 aliphatic carbocycles.